The van der Waals surface area contributed by atoms with Crippen LogP contribution in [0.5, 0.6) is 0 Å². The van der Waals surface area contributed by atoms with Crippen molar-refractivity contribution in [2.75, 3.05) is 6.61 Å². The van der Waals surface area contributed by atoms with Crippen LogP contribution in [-0.2, 0) is 14.3 Å². The minimum atomic E-state index is -0.372. The molecule has 4 heteroatoms. The van der Waals surface area contributed by atoms with Gasteiger partial charge in [0.2, 0.25) is 6.29 Å². The van der Waals surface area contributed by atoms with E-state index in [0.29, 0.717) is 12.4 Å². The highest BCUT2D eigenvalue weighted by Gasteiger charge is 2.37. The molecule has 2 aliphatic rings. The van der Waals surface area contributed by atoms with E-state index in [1.54, 1.807) is 17.4 Å². The molecule has 0 saturated carbocycles. The van der Waals surface area contributed by atoms with Crippen LogP contribution in [0, 0.1) is 5.92 Å². The minimum Gasteiger partial charge on any atom is -0.463 e. The van der Waals surface area contributed by atoms with Crippen LogP contribution >= 0.6 is 11.3 Å². The Hall–Kier alpha value is -1.13. The van der Waals surface area contributed by atoms with Crippen molar-refractivity contribution in [2.45, 2.75) is 19.1 Å². The van der Waals surface area contributed by atoms with Crippen LogP contribution in [0.1, 0.15) is 17.7 Å². The van der Waals surface area contributed by atoms with Gasteiger partial charge in [0.05, 0.1) is 17.4 Å². The molecule has 0 unspecified atom stereocenters. The van der Waals surface area contributed by atoms with Crippen molar-refractivity contribution in [1.29, 1.82) is 0 Å². The van der Waals surface area contributed by atoms with Gasteiger partial charge >= 0.3 is 0 Å². The highest BCUT2D eigenvalue weighted by Crippen LogP contribution is 2.34. The topological polar surface area (TPSA) is 35.5 Å². The third-order valence-corrected chi connectivity index (χ3v) is 3.80. The van der Waals surface area contributed by atoms with Crippen molar-refractivity contribution in [3.05, 3.63) is 28.5 Å². The van der Waals surface area contributed by atoms with Crippen LogP contribution < -0.4 is 0 Å². The number of hydrogen-bond acceptors (Lipinski definition) is 4. The predicted octanol–water partition coefficient (Wildman–Crippen LogP) is 2.44. The lowest BCUT2D eigenvalue weighted by Gasteiger charge is -2.33. The van der Waals surface area contributed by atoms with E-state index >= 15 is 0 Å². The van der Waals surface area contributed by atoms with E-state index in [2.05, 4.69) is 0 Å². The molecule has 0 spiro atoms. The second-order valence-corrected chi connectivity index (χ2v) is 4.94. The van der Waals surface area contributed by atoms with Crippen molar-refractivity contribution < 1.29 is 14.3 Å². The molecule has 1 aromatic heterocycles. The van der Waals surface area contributed by atoms with Crippen LogP contribution in [0.2, 0.25) is 0 Å². The number of allylic oxidation sites excluding steroid dienone is 1. The zero-order valence-corrected chi connectivity index (χ0v) is 9.53. The number of rotatable bonds is 1. The summed E-state index contributed by atoms with van der Waals surface area (Å²) in [6.07, 6.45) is 3.06. The normalized spacial score (nSPS) is 29.2. The van der Waals surface area contributed by atoms with E-state index in [1.807, 2.05) is 17.5 Å². The number of ketones is 1. The molecular formula is C12H12O3S. The van der Waals surface area contributed by atoms with Crippen LogP contribution in [0.25, 0.3) is 5.76 Å². The number of thiophene rings is 1. The number of carbonyl (C=O) groups excluding carboxylic acids is 1. The Morgan fingerprint density at radius 2 is 2.38 bits per heavy atom. The molecule has 0 amide bonds. The molecule has 3 nitrogen and oxygen atoms in total. The minimum absolute atomic E-state index is 0.0996. The summed E-state index contributed by atoms with van der Waals surface area (Å²) in [5.41, 5.74) is 0. The molecule has 2 atom stereocenters. The Labute approximate surface area is 97.7 Å². The van der Waals surface area contributed by atoms with Gasteiger partial charge in [-0.2, -0.15) is 0 Å². The van der Waals surface area contributed by atoms with Gasteiger partial charge in [0.15, 0.2) is 5.78 Å². The number of fused-ring (bicyclic) bond motifs is 1. The van der Waals surface area contributed by atoms with Crippen LogP contribution in [0.4, 0.5) is 0 Å². The van der Waals surface area contributed by atoms with E-state index in [9.17, 15) is 4.79 Å². The summed E-state index contributed by atoms with van der Waals surface area (Å²) in [5, 5.41) is 1.97. The van der Waals surface area contributed by atoms with E-state index in [1.165, 1.54) is 0 Å². The molecule has 1 saturated heterocycles. The molecular weight excluding hydrogens is 224 g/mol. The van der Waals surface area contributed by atoms with Crippen molar-refractivity contribution in [3.8, 4) is 0 Å². The smallest absolute Gasteiger partial charge is 0.210 e. The van der Waals surface area contributed by atoms with Crippen LogP contribution in [0.3, 0.4) is 0 Å². The van der Waals surface area contributed by atoms with Crippen molar-refractivity contribution in [2.24, 2.45) is 5.92 Å². The molecule has 1 aromatic rings. The van der Waals surface area contributed by atoms with Gasteiger partial charge in [-0.25, -0.2) is 0 Å². The van der Waals surface area contributed by atoms with E-state index in [0.717, 1.165) is 17.7 Å². The molecule has 0 radical (unpaired) electrons. The Balaban J connectivity index is 1.89. The molecule has 0 N–H and O–H groups in total. The van der Waals surface area contributed by atoms with Crippen molar-refractivity contribution in [3.63, 3.8) is 0 Å². The number of carbonyl (C=O) groups is 1. The summed E-state index contributed by atoms with van der Waals surface area (Å²) in [5.74, 6) is 0.694. The van der Waals surface area contributed by atoms with E-state index < -0.39 is 0 Å². The van der Waals surface area contributed by atoms with Gasteiger partial charge in [-0.05, 0) is 24.3 Å². The molecule has 0 aliphatic carbocycles. The lowest BCUT2D eigenvalue weighted by molar-refractivity contribution is -0.169. The van der Waals surface area contributed by atoms with Gasteiger partial charge in [0.25, 0.3) is 0 Å². The number of ether oxygens (including phenoxy) is 2. The lowest BCUT2D eigenvalue weighted by Crippen LogP contribution is -2.38. The molecule has 2 aliphatic heterocycles. The lowest BCUT2D eigenvalue weighted by atomic mass is 9.93. The Morgan fingerprint density at radius 1 is 1.44 bits per heavy atom. The highest BCUT2D eigenvalue weighted by atomic mass is 32.1. The maximum absolute atomic E-state index is 11.9. The monoisotopic (exact) mass is 236 g/mol. The quantitative estimate of drug-likeness (QED) is 0.751. The predicted molar refractivity (Wildman–Crippen MR) is 60.9 cm³/mol. The maximum Gasteiger partial charge on any atom is 0.210 e. The van der Waals surface area contributed by atoms with Gasteiger partial charge < -0.3 is 9.47 Å². The summed E-state index contributed by atoms with van der Waals surface area (Å²) in [6.45, 7) is 0.687. The molecule has 16 heavy (non-hydrogen) atoms. The standard InChI is InChI=1S/C12H12O3S/c13-9-7-10(11-4-2-6-16-11)15-12-8(9)3-1-5-14-12/h2,4,6-8,12H,1,3,5H2/t8-,12+/m0/s1. The Kier molecular flexibility index (Phi) is 2.53. The second-order valence-electron chi connectivity index (χ2n) is 3.99. The van der Waals surface area contributed by atoms with E-state index in [-0.39, 0.29) is 18.0 Å². The zero-order chi connectivity index (χ0) is 11.0. The average Bonchev–Trinajstić information content (AvgIpc) is 2.82. The van der Waals surface area contributed by atoms with Gasteiger partial charge in [0, 0.05) is 6.08 Å². The first-order chi connectivity index (χ1) is 7.84. The fraction of sp³-hybridized carbons (Fsp3) is 0.417. The van der Waals surface area contributed by atoms with E-state index in [4.69, 9.17) is 9.47 Å². The first-order valence-electron chi connectivity index (χ1n) is 5.42. The third kappa shape index (κ3) is 1.68. The SMILES string of the molecule is O=C1C=C(c2cccs2)O[C@H]2OCCC[C@@H]12. The zero-order valence-electron chi connectivity index (χ0n) is 8.72. The second kappa shape index (κ2) is 4.03. The summed E-state index contributed by atoms with van der Waals surface area (Å²) >= 11 is 1.57. The highest BCUT2D eigenvalue weighted by molar-refractivity contribution is 7.11. The molecule has 84 valence electrons. The third-order valence-electron chi connectivity index (χ3n) is 2.92. The van der Waals surface area contributed by atoms with Gasteiger partial charge in [0.1, 0.15) is 5.76 Å². The largest absolute Gasteiger partial charge is 0.463 e. The molecule has 3 heterocycles. The fourth-order valence-electron chi connectivity index (χ4n) is 2.09. The summed E-state index contributed by atoms with van der Waals surface area (Å²) < 4.78 is 11.2. The summed E-state index contributed by atoms with van der Waals surface area (Å²) in [7, 11) is 0. The van der Waals surface area contributed by atoms with Gasteiger partial charge in [-0.1, -0.05) is 6.07 Å². The van der Waals surface area contributed by atoms with Gasteiger partial charge in [-0.3, -0.25) is 4.79 Å². The van der Waals surface area contributed by atoms with Crippen LogP contribution in [-0.4, -0.2) is 18.7 Å². The van der Waals surface area contributed by atoms with Gasteiger partial charge in [-0.15, -0.1) is 11.3 Å². The molecule has 0 bridgehead atoms. The van der Waals surface area contributed by atoms with Crippen LogP contribution in [0.15, 0.2) is 23.6 Å². The average molecular weight is 236 g/mol. The molecule has 3 rings (SSSR count). The molecule has 1 fully saturated rings. The maximum atomic E-state index is 11.9. The molecule has 0 aromatic carbocycles. The van der Waals surface area contributed by atoms with Crippen molar-refractivity contribution >= 4 is 22.9 Å². The number of hydrogen-bond donors (Lipinski definition) is 0. The first-order valence-corrected chi connectivity index (χ1v) is 6.30. The summed E-state index contributed by atoms with van der Waals surface area (Å²) in [4.78, 5) is 12.9. The fourth-order valence-corrected chi connectivity index (χ4v) is 2.77. The first kappa shape index (κ1) is 10.1. The summed E-state index contributed by atoms with van der Waals surface area (Å²) in [6, 6.07) is 3.90. The Morgan fingerprint density at radius 3 is 3.19 bits per heavy atom. The Bertz CT molecular complexity index is 421. The van der Waals surface area contributed by atoms with Crippen molar-refractivity contribution in [1.82, 2.24) is 0 Å².